The van der Waals surface area contributed by atoms with Crippen molar-refractivity contribution in [2.45, 2.75) is 25.3 Å². The van der Waals surface area contributed by atoms with E-state index in [-0.39, 0.29) is 17.0 Å². The monoisotopic (exact) mass is 353 g/mol. The highest BCUT2D eigenvalue weighted by Crippen LogP contribution is 2.28. The lowest BCUT2D eigenvalue weighted by Gasteiger charge is -2.12. The van der Waals surface area contributed by atoms with Crippen LogP contribution in [-0.4, -0.2) is 22.1 Å². The van der Waals surface area contributed by atoms with E-state index in [4.69, 9.17) is 9.47 Å². The largest absolute Gasteiger partial charge is 0.493 e. The van der Waals surface area contributed by atoms with Crippen molar-refractivity contribution in [2.75, 3.05) is 13.7 Å². The van der Waals surface area contributed by atoms with Crippen LogP contribution >= 0.6 is 0 Å². The molecule has 0 saturated carbocycles. The quantitative estimate of drug-likeness (QED) is 0.831. The summed E-state index contributed by atoms with van der Waals surface area (Å²) < 4.78 is 51.1. The molecule has 0 atom stereocenters. The van der Waals surface area contributed by atoms with Gasteiger partial charge in [-0.25, -0.2) is 17.5 Å². The molecule has 0 amide bonds. The highest BCUT2D eigenvalue weighted by molar-refractivity contribution is 7.89. The summed E-state index contributed by atoms with van der Waals surface area (Å²) in [4.78, 5) is 0.0277. The van der Waals surface area contributed by atoms with Gasteiger partial charge in [-0.2, -0.15) is 0 Å². The van der Waals surface area contributed by atoms with Gasteiger partial charge in [-0.05, 0) is 55.3 Å². The van der Waals surface area contributed by atoms with Gasteiger partial charge in [0.1, 0.15) is 5.82 Å². The second-order valence-corrected chi connectivity index (χ2v) is 6.92. The van der Waals surface area contributed by atoms with Crippen LogP contribution < -0.4 is 14.2 Å². The lowest BCUT2D eigenvalue weighted by atomic mass is 10.2. The van der Waals surface area contributed by atoms with E-state index in [0.29, 0.717) is 18.1 Å². The first kappa shape index (κ1) is 18.2. The Balaban J connectivity index is 2.17. The molecule has 130 valence electrons. The molecule has 2 rings (SSSR count). The van der Waals surface area contributed by atoms with Crippen LogP contribution in [0.25, 0.3) is 0 Å². The zero-order chi connectivity index (χ0) is 17.7. The first-order valence-electron chi connectivity index (χ1n) is 7.43. The van der Waals surface area contributed by atoms with Gasteiger partial charge >= 0.3 is 0 Å². The summed E-state index contributed by atoms with van der Waals surface area (Å²) >= 11 is 0. The number of rotatable bonds is 7. The van der Waals surface area contributed by atoms with Crippen LogP contribution in [0.1, 0.15) is 18.1 Å². The molecule has 0 aromatic heterocycles. The first-order valence-corrected chi connectivity index (χ1v) is 8.91. The third-order valence-electron chi connectivity index (χ3n) is 3.43. The number of halogens is 1. The molecule has 0 saturated heterocycles. The van der Waals surface area contributed by atoms with Crippen LogP contribution in [0.3, 0.4) is 0 Å². The molecule has 7 heteroatoms. The minimum Gasteiger partial charge on any atom is -0.493 e. The average Bonchev–Trinajstić information content (AvgIpc) is 2.56. The predicted molar refractivity (Wildman–Crippen MR) is 89.3 cm³/mol. The minimum atomic E-state index is -3.73. The maximum Gasteiger partial charge on any atom is 0.240 e. The van der Waals surface area contributed by atoms with Crippen molar-refractivity contribution in [1.29, 1.82) is 0 Å². The Morgan fingerprint density at radius 2 is 1.88 bits per heavy atom. The maximum absolute atomic E-state index is 13.3. The third kappa shape index (κ3) is 4.24. The van der Waals surface area contributed by atoms with E-state index in [1.165, 1.54) is 26.2 Å². The molecular formula is C17H20FNO4S. The van der Waals surface area contributed by atoms with Crippen molar-refractivity contribution in [3.05, 3.63) is 53.3 Å². The van der Waals surface area contributed by atoms with Gasteiger partial charge in [0.05, 0.1) is 18.6 Å². The molecule has 0 aliphatic heterocycles. The van der Waals surface area contributed by atoms with Gasteiger partial charge < -0.3 is 9.47 Å². The number of sulfonamides is 1. The van der Waals surface area contributed by atoms with Gasteiger partial charge in [0.15, 0.2) is 11.5 Å². The summed E-state index contributed by atoms with van der Waals surface area (Å²) in [5, 5.41) is 0. The fourth-order valence-electron chi connectivity index (χ4n) is 2.15. The molecule has 0 bridgehead atoms. The van der Waals surface area contributed by atoms with Crippen molar-refractivity contribution in [2.24, 2.45) is 0 Å². The summed E-state index contributed by atoms with van der Waals surface area (Å²) in [5.41, 5.74) is 1.00. The van der Waals surface area contributed by atoms with Crippen LogP contribution in [0, 0.1) is 12.7 Å². The summed E-state index contributed by atoms with van der Waals surface area (Å²) in [5.74, 6) is 0.692. The van der Waals surface area contributed by atoms with Crippen molar-refractivity contribution < 1.29 is 22.3 Å². The minimum absolute atomic E-state index is 0.0277. The number of nitrogens with one attached hydrogen (secondary N) is 1. The molecule has 1 N–H and O–H groups in total. The van der Waals surface area contributed by atoms with Crippen molar-refractivity contribution in [3.63, 3.8) is 0 Å². The van der Waals surface area contributed by atoms with E-state index in [1.807, 2.05) is 6.92 Å². The lowest BCUT2D eigenvalue weighted by molar-refractivity contribution is 0.310. The highest BCUT2D eigenvalue weighted by Gasteiger charge is 2.15. The van der Waals surface area contributed by atoms with E-state index in [1.54, 1.807) is 18.2 Å². The molecule has 2 aromatic carbocycles. The van der Waals surface area contributed by atoms with E-state index in [9.17, 15) is 12.8 Å². The molecule has 5 nitrogen and oxygen atoms in total. The first-order chi connectivity index (χ1) is 11.4. The van der Waals surface area contributed by atoms with Crippen LogP contribution in [0.5, 0.6) is 11.5 Å². The van der Waals surface area contributed by atoms with E-state index < -0.39 is 15.8 Å². The Morgan fingerprint density at radius 1 is 1.12 bits per heavy atom. The Labute approximate surface area is 141 Å². The number of methoxy groups -OCH3 is 1. The van der Waals surface area contributed by atoms with Crippen LogP contribution in [0.15, 0.2) is 41.3 Å². The van der Waals surface area contributed by atoms with Gasteiger partial charge in [0.25, 0.3) is 0 Å². The second kappa shape index (κ2) is 7.63. The van der Waals surface area contributed by atoms with Crippen molar-refractivity contribution >= 4 is 10.0 Å². The van der Waals surface area contributed by atoms with Crippen molar-refractivity contribution in [1.82, 2.24) is 4.72 Å². The molecule has 24 heavy (non-hydrogen) atoms. The van der Waals surface area contributed by atoms with Gasteiger partial charge in [-0.1, -0.05) is 6.07 Å². The lowest BCUT2D eigenvalue weighted by Crippen LogP contribution is -2.23. The Morgan fingerprint density at radius 3 is 2.50 bits per heavy atom. The number of hydrogen-bond acceptors (Lipinski definition) is 4. The maximum atomic E-state index is 13.3. The molecule has 0 heterocycles. The number of aryl methyl sites for hydroxylation is 1. The van der Waals surface area contributed by atoms with Crippen LogP contribution in [0.2, 0.25) is 0 Å². The second-order valence-electron chi connectivity index (χ2n) is 5.15. The van der Waals surface area contributed by atoms with E-state index in [2.05, 4.69) is 4.72 Å². The van der Waals surface area contributed by atoms with E-state index in [0.717, 1.165) is 11.6 Å². The molecule has 0 fully saturated rings. The van der Waals surface area contributed by atoms with E-state index >= 15 is 0 Å². The fraction of sp³-hybridized carbons (Fsp3) is 0.294. The summed E-state index contributed by atoms with van der Waals surface area (Å²) in [6, 6.07) is 8.88. The van der Waals surface area contributed by atoms with Crippen molar-refractivity contribution in [3.8, 4) is 11.5 Å². The van der Waals surface area contributed by atoms with Crippen LogP contribution in [-0.2, 0) is 16.6 Å². The Kier molecular flexibility index (Phi) is 5.80. The molecular weight excluding hydrogens is 333 g/mol. The normalized spacial score (nSPS) is 11.3. The SMILES string of the molecule is CCOc1cc(CNS(=O)(=O)c2ccc(F)c(C)c2)ccc1OC. The molecule has 0 spiro atoms. The molecule has 0 aliphatic rings. The van der Waals surface area contributed by atoms with Gasteiger partial charge in [0, 0.05) is 6.54 Å². The fourth-order valence-corrected chi connectivity index (χ4v) is 3.25. The van der Waals surface area contributed by atoms with Crippen LogP contribution in [0.4, 0.5) is 4.39 Å². The summed E-state index contributed by atoms with van der Waals surface area (Å²) in [7, 11) is -2.19. The van der Waals surface area contributed by atoms with Gasteiger partial charge in [0.2, 0.25) is 10.0 Å². The molecule has 2 aromatic rings. The Bertz CT molecular complexity index is 821. The summed E-state index contributed by atoms with van der Waals surface area (Å²) in [6.07, 6.45) is 0. The number of benzene rings is 2. The zero-order valence-corrected chi connectivity index (χ0v) is 14.6. The summed E-state index contributed by atoms with van der Waals surface area (Å²) in [6.45, 7) is 3.93. The third-order valence-corrected chi connectivity index (χ3v) is 4.83. The molecule has 0 radical (unpaired) electrons. The molecule has 0 aliphatic carbocycles. The van der Waals surface area contributed by atoms with Gasteiger partial charge in [-0.3, -0.25) is 0 Å². The molecule has 0 unspecified atom stereocenters. The zero-order valence-electron chi connectivity index (χ0n) is 13.8. The predicted octanol–water partition coefficient (Wildman–Crippen LogP) is 3.02. The smallest absolute Gasteiger partial charge is 0.240 e. The highest BCUT2D eigenvalue weighted by atomic mass is 32.2. The topological polar surface area (TPSA) is 64.6 Å². The average molecular weight is 353 g/mol. The van der Waals surface area contributed by atoms with Gasteiger partial charge in [-0.15, -0.1) is 0 Å². The number of hydrogen-bond donors (Lipinski definition) is 1. The Hall–Kier alpha value is -2.12. The standard InChI is InChI=1S/C17H20FNO4S/c1-4-23-17-10-13(5-8-16(17)22-3)11-19-24(20,21)14-6-7-15(18)12(2)9-14/h5-10,19H,4,11H2,1-3H3. The number of ether oxygens (including phenoxy) is 2.